The molecule has 1 unspecified atom stereocenters. The van der Waals surface area contributed by atoms with E-state index < -0.39 is 0 Å². The van der Waals surface area contributed by atoms with Gasteiger partial charge in [-0.25, -0.2) is 5.48 Å². The minimum Gasteiger partial charge on any atom is -0.276 e. The van der Waals surface area contributed by atoms with Crippen molar-refractivity contribution in [3.05, 3.63) is 0 Å². The van der Waals surface area contributed by atoms with E-state index in [9.17, 15) is 0 Å². The van der Waals surface area contributed by atoms with Gasteiger partial charge in [0.2, 0.25) is 0 Å². The smallest absolute Gasteiger partial charge is 0.177 e. The largest absolute Gasteiger partial charge is 0.276 e. The first-order valence-electron chi connectivity index (χ1n) is 2.18. The van der Waals surface area contributed by atoms with Crippen LogP contribution < -0.4 is 5.48 Å². The number of rotatable bonds is 4. The maximum absolute atomic E-state index is 4.84. The second-order valence-electron chi connectivity index (χ2n) is 1.03. The standard InChI is InChI=1S/C3H9NOS3/c1-2-4-5-3(6)8-7/h3-4,6-7H,2H2,1H3. The Morgan fingerprint density at radius 1 is 1.88 bits per heavy atom. The molecule has 0 aliphatic carbocycles. The van der Waals surface area contributed by atoms with Gasteiger partial charge in [0.25, 0.3) is 0 Å². The van der Waals surface area contributed by atoms with Gasteiger partial charge in [0.1, 0.15) is 0 Å². The van der Waals surface area contributed by atoms with Crippen LogP contribution in [0.1, 0.15) is 6.92 Å². The molecule has 1 N–H and O–H groups in total. The molecule has 1 atom stereocenters. The van der Waals surface area contributed by atoms with Crippen LogP contribution in [0.25, 0.3) is 0 Å². The molecule has 0 heterocycles. The van der Waals surface area contributed by atoms with Gasteiger partial charge in [0, 0.05) is 6.54 Å². The Morgan fingerprint density at radius 2 is 2.50 bits per heavy atom. The van der Waals surface area contributed by atoms with E-state index in [-0.39, 0.29) is 4.77 Å². The fourth-order valence-electron chi connectivity index (χ4n) is 0.176. The van der Waals surface area contributed by atoms with Crippen LogP contribution in [0.5, 0.6) is 0 Å². The minimum absolute atomic E-state index is 0.182. The molecule has 0 saturated carbocycles. The van der Waals surface area contributed by atoms with Gasteiger partial charge in [-0.15, -0.1) is 24.3 Å². The topological polar surface area (TPSA) is 21.3 Å². The molecular weight excluding hydrogens is 162 g/mol. The summed E-state index contributed by atoms with van der Waals surface area (Å²) in [6, 6.07) is 0. The third kappa shape index (κ3) is 5.11. The molecule has 0 aromatic rings. The Hall–Kier alpha value is 0.970. The van der Waals surface area contributed by atoms with Gasteiger partial charge >= 0.3 is 0 Å². The van der Waals surface area contributed by atoms with E-state index in [1.165, 1.54) is 10.8 Å². The van der Waals surface area contributed by atoms with Crippen LogP contribution in [0, 0.1) is 0 Å². The lowest BCUT2D eigenvalue weighted by Gasteiger charge is -2.05. The van der Waals surface area contributed by atoms with Crippen LogP contribution >= 0.6 is 35.1 Å². The first kappa shape index (κ1) is 8.97. The number of hydroxylamine groups is 1. The Kier molecular flexibility index (Phi) is 6.83. The third-order valence-corrected chi connectivity index (χ3v) is 2.19. The highest BCUT2D eigenvalue weighted by molar-refractivity contribution is 8.70. The predicted octanol–water partition coefficient (Wildman–Crippen LogP) is 1.32. The zero-order valence-corrected chi connectivity index (χ0v) is 7.10. The van der Waals surface area contributed by atoms with Gasteiger partial charge in [-0.1, -0.05) is 17.7 Å². The first-order chi connectivity index (χ1) is 3.81. The van der Waals surface area contributed by atoms with E-state index in [1.54, 1.807) is 0 Å². The number of nitrogens with one attached hydrogen (secondary N) is 1. The molecule has 2 nitrogen and oxygen atoms in total. The zero-order chi connectivity index (χ0) is 6.41. The molecule has 0 aromatic heterocycles. The molecule has 0 bridgehead atoms. The highest BCUT2D eigenvalue weighted by atomic mass is 33.1. The predicted molar refractivity (Wildman–Crippen MR) is 44.1 cm³/mol. The summed E-state index contributed by atoms with van der Waals surface area (Å²) in [5.74, 6) is 0. The molecule has 0 aliphatic heterocycles. The monoisotopic (exact) mass is 171 g/mol. The van der Waals surface area contributed by atoms with Crippen LogP contribution in [-0.2, 0) is 4.84 Å². The number of hydrogen-bond donors (Lipinski definition) is 3. The first-order valence-corrected chi connectivity index (χ1v) is 4.63. The van der Waals surface area contributed by atoms with Crippen molar-refractivity contribution in [3.8, 4) is 0 Å². The number of hydrogen-bond acceptors (Lipinski definition) is 5. The van der Waals surface area contributed by atoms with Crippen LogP contribution in [0.15, 0.2) is 0 Å². The summed E-state index contributed by atoms with van der Waals surface area (Å²) in [6.45, 7) is 2.73. The maximum atomic E-state index is 4.84. The van der Waals surface area contributed by atoms with Crippen molar-refractivity contribution in [2.45, 2.75) is 11.7 Å². The summed E-state index contributed by atoms with van der Waals surface area (Å²) in [7, 11) is 1.24. The minimum atomic E-state index is -0.182. The van der Waals surface area contributed by atoms with Crippen LogP contribution in [-0.4, -0.2) is 11.3 Å². The van der Waals surface area contributed by atoms with Crippen LogP contribution in [0.2, 0.25) is 0 Å². The Labute approximate surface area is 63.9 Å². The molecule has 8 heavy (non-hydrogen) atoms. The summed E-state index contributed by atoms with van der Waals surface area (Å²) in [5, 5.41) is 0. The second-order valence-corrected chi connectivity index (χ2v) is 3.12. The lowest BCUT2D eigenvalue weighted by Crippen LogP contribution is -2.16. The van der Waals surface area contributed by atoms with Gasteiger partial charge in [0.05, 0.1) is 0 Å². The van der Waals surface area contributed by atoms with Crippen molar-refractivity contribution in [2.75, 3.05) is 6.54 Å². The Bertz CT molecular complexity index is 53.8. The molecule has 0 spiro atoms. The van der Waals surface area contributed by atoms with Gasteiger partial charge in [0.15, 0.2) is 4.77 Å². The summed E-state index contributed by atoms with van der Waals surface area (Å²) in [5.41, 5.74) is 2.65. The quantitative estimate of drug-likeness (QED) is 0.257. The molecule has 0 aliphatic rings. The average molecular weight is 171 g/mol. The number of thiol groups is 2. The molecule has 0 saturated heterocycles. The molecule has 0 rings (SSSR count). The van der Waals surface area contributed by atoms with Gasteiger partial charge in [-0.05, 0) is 0 Å². The van der Waals surface area contributed by atoms with Crippen molar-refractivity contribution in [1.82, 2.24) is 5.48 Å². The van der Waals surface area contributed by atoms with Crippen molar-refractivity contribution < 1.29 is 4.84 Å². The third-order valence-electron chi connectivity index (χ3n) is 0.419. The SMILES string of the molecule is CCNOC(S)SS. The maximum Gasteiger partial charge on any atom is 0.177 e. The summed E-state index contributed by atoms with van der Waals surface area (Å²) in [6.07, 6.45) is 0. The highest BCUT2D eigenvalue weighted by Gasteiger charge is 1.96. The van der Waals surface area contributed by atoms with Crippen LogP contribution in [0.3, 0.4) is 0 Å². The normalized spacial score (nSPS) is 13.9. The van der Waals surface area contributed by atoms with Gasteiger partial charge in [-0.3, -0.25) is 4.84 Å². The molecule has 0 amide bonds. The Balaban J connectivity index is 2.86. The van der Waals surface area contributed by atoms with E-state index in [0.29, 0.717) is 0 Å². The molecule has 0 fully saturated rings. The van der Waals surface area contributed by atoms with E-state index in [4.69, 9.17) is 4.84 Å². The second kappa shape index (κ2) is 6.10. The Morgan fingerprint density at radius 3 is 2.88 bits per heavy atom. The van der Waals surface area contributed by atoms with Gasteiger partial charge in [-0.2, -0.15) is 0 Å². The average Bonchev–Trinajstić information content (AvgIpc) is 1.83. The van der Waals surface area contributed by atoms with Gasteiger partial charge < -0.3 is 0 Å². The van der Waals surface area contributed by atoms with E-state index >= 15 is 0 Å². The molecule has 0 aromatic carbocycles. The summed E-state index contributed by atoms with van der Waals surface area (Å²) in [4.78, 5) is 4.84. The van der Waals surface area contributed by atoms with Crippen molar-refractivity contribution in [2.24, 2.45) is 0 Å². The van der Waals surface area contributed by atoms with E-state index in [2.05, 4.69) is 29.8 Å². The van der Waals surface area contributed by atoms with E-state index in [0.717, 1.165) is 6.54 Å². The molecular formula is C3H9NOS3. The highest BCUT2D eigenvalue weighted by Crippen LogP contribution is 2.17. The van der Waals surface area contributed by atoms with Crippen molar-refractivity contribution in [3.63, 3.8) is 0 Å². The molecule has 5 heteroatoms. The van der Waals surface area contributed by atoms with Crippen molar-refractivity contribution in [1.29, 1.82) is 0 Å². The summed E-state index contributed by atoms with van der Waals surface area (Å²) < 4.78 is -0.182. The lowest BCUT2D eigenvalue weighted by molar-refractivity contribution is 0.0679. The molecule has 50 valence electrons. The lowest BCUT2D eigenvalue weighted by atomic mass is 10.8. The summed E-state index contributed by atoms with van der Waals surface area (Å²) >= 11 is 7.83. The van der Waals surface area contributed by atoms with Crippen molar-refractivity contribution >= 4 is 35.1 Å². The zero-order valence-electron chi connectivity index (χ0n) is 4.50. The fourth-order valence-corrected chi connectivity index (χ4v) is 0.491. The van der Waals surface area contributed by atoms with Crippen LogP contribution in [0.4, 0.5) is 0 Å². The molecule has 0 radical (unpaired) electrons. The fraction of sp³-hybridized carbons (Fsp3) is 1.00. The van der Waals surface area contributed by atoms with E-state index in [1.807, 2.05) is 6.92 Å².